The number of fused-ring (bicyclic) bond motifs is 2. The molecule has 0 bridgehead atoms. The summed E-state index contributed by atoms with van der Waals surface area (Å²) in [6.45, 7) is 4.11. The number of methoxy groups -OCH3 is 2. The average molecular weight is 1220 g/mol. The van der Waals surface area contributed by atoms with Crippen LogP contribution >= 0.6 is 0 Å². The van der Waals surface area contributed by atoms with Crippen molar-refractivity contribution in [3.63, 3.8) is 0 Å². The third-order valence-corrected chi connectivity index (χ3v) is 16.7. The Morgan fingerprint density at radius 1 is 0.567 bits per heavy atom. The van der Waals surface area contributed by atoms with Crippen LogP contribution in [0, 0.1) is 0 Å². The second kappa shape index (κ2) is 27.0. The first-order chi connectivity index (χ1) is 43.9. The maximum Gasteiger partial charge on any atom is 0.410 e. The van der Waals surface area contributed by atoms with E-state index < -0.39 is 0 Å². The third kappa shape index (κ3) is 14.0. The van der Waals surface area contributed by atoms with E-state index in [-0.39, 0.29) is 59.8 Å². The van der Waals surface area contributed by atoms with E-state index in [2.05, 4.69) is 41.5 Å². The molecule has 90 heavy (non-hydrogen) atoms. The lowest BCUT2D eigenvalue weighted by molar-refractivity contribution is 0.0828. The zero-order chi connectivity index (χ0) is 62.3. The fourth-order valence-electron chi connectivity index (χ4n) is 11.3. The summed E-state index contributed by atoms with van der Waals surface area (Å²) in [6.07, 6.45) is 13.3. The number of amides is 3. The van der Waals surface area contributed by atoms with Crippen LogP contribution in [0.5, 0.6) is 11.5 Å². The molecule has 6 aromatic heterocycles. The van der Waals surface area contributed by atoms with Crippen molar-refractivity contribution >= 4 is 63.6 Å². The number of benzene rings is 3. The van der Waals surface area contributed by atoms with Gasteiger partial charge in [0.15, 0.2) is 34.3 Å². The van der Waals surface area contributed by atoms with Crippen molar-refractivity contribution in [3.8, 4) is 11.5 Å². The molecule has 466 valence electrons. The molecule has 2 saturated carbocycles. The number of hydrogen-bond acceptors (Lipinski definition) is 17. The van der Waals surface area contributed by atoms with Gasteiger partial charge in [0.1, 0.15) is 29.5 Å². The van der Waals surface area contributed by atoms with Crippen LogP contribution < -0.4 is 57.0 Å². The van der Waals surface area contributed by atoms with Gasteiger partial charge in [-0.2, -0.15) is 0 Å². The Kier molecular flexibility index (Phi) is 18.0. The summed E-state index contributed by atoms with van der Waals surface area (Å²) in [7, 11) is 7.19. The van der Waals surface area contributed by atoms with E-state index in [1.54, 1.807) is 52.7 Å². The van der Waals surface area contributed by atoms with E-state index in [1.165, 1.54) is 10.7 Å². The molecular weight excluding hydrogens is 1140 g/mol. The third-order valence-electron chi connectivity index (χ3n) is 16.7. The number of hydrogen-bond donors (Lipinski definition) is 5. The molecule has 4 aliphatic rings. The number of rotatable bonds is 20. The summed E-state index contributed by atoms with van der Waals surface area (Å²) in [4.78, 5) is 81.1. The number of nitrogens with one attached hydrogen (secondary N) is 5. The first-order valence-electron chi connectivity index (χ1n) is 30.6. The van der Waals surface area contributed by atoms with Gasteiger partial charge in [-0.1, -0.05) is 54.6 Å². The lowest BCUT2D eigenvalue weighted by Gasteiger charge is -2.32. The highest BCUT2D eigenvalue weighted by Gasteiger charge is 2.30. The molecule has 9 aromatic rings. The highest BCUT2D eigenvalue weighted by Crippen LogP contribution is 2.31. The monoisotopic (exact) mass is 1220 g/mol. The molecule has 24 heteroatoms. The van der Waals surface area contributed by atoms with Crippen molar-refractivity contribution in [2.45, 2.75) is 95.2 Å². The van der Waals surface area contributed by atoms with Gasteiger partial charge >= 0.3 is 6.09 Å². The first kappa shape index (κ1) is 60.1. The van der Waals surface area contributed by atoms with Gasteiger partial charge < -0.3 is 64.6 Å². The molecule has 3 amide bonds. The number of piperidine rings is 2. The zero-order valence-corrected chi connectivity index (χ0v) is 50.9. The van der Waals surface area contributed by atoms with Crippen LogP contribution in [0.1, 0.15) is 101 Å². The van der Waals surface area contributed by atoms with Gasteiger partial charge in [0.25, 0.3) is 22.9 Å². The molecule has 0 unspecified atom stereocenters. The van der Waals surface area contributed by atoms with Crippen LogP contribution in [0.15, 0.2) is 150 Å². The van der Waals surface area contributed by atoms with E-state index in [4.69, 9.17) is 24.4 Å². The summed E-state index contributed by atoms with van der Waals surface area (Å²) in [5.41, 5.74) is 6.79. The number of aromatic nitrogens is 8. The van der Waals surface area contributed by atoms with E-state index in [0.717, 1.165) is 91.2 Å². The van der Waals surface area contributed by atoms with Gasteiger partial charge in [-0.3, -0.25) is 19.2 Å². The molecular formula is C66H74N16O8. The summed E-state index contributed by atoms with van der Waals surface area (Å²) in [5.74, 6) is 1.94. The first-order valence-corrected chi connectivity index (χ1v) is 30.6. The number of carbonyl (C=O) groups is 3. The Balaban J connectivity index is 0.000000179. The van der Waals surface area contributed by atoms with Gasteiger partial charge in [0.05, 0.1) is 38.0 Å². The highest BCUT2D eigenvalue weighted by atomic mass is 16.6. The Bertz CT molecular complexity index is 4130. The predicted molar refractivity (Wildman–Crippen MR) is 343 cm³/mol. The molecule has 24 nitrogen and oxygen atoms in total. The Morgan fingerprint density at radius 2 is 1.02 bits per heavy atom. The van der Waals surface area contributed by atoms with Crippen LogP contribution in [-0.2, 0) is 24.4 Å². The molecule has 5 N–H and O–H groups in total. The van der Waals surface area contributed by atoms with Crippen molar-refractivity contribution in [1.29, 1.82) is 0 Å². The van der Waals surface area contributed by atoms with Crippen molar-refractivity contribution in [2.24, 2.45) is 0 Å². The zero-order valence-electron chi connectivity index (χ0n) is 50.9. The number of ether oxygens (including phenoxy) is 3. The minimum absolute atomic E-state index is 0.0876. The van der Waals surface area contributed by atoms with Crippen molar-refractivity contribution in [3.05, 3.63) is 189 Å². The molecule has 8 heterocycles. The number of pyridine rings is 2. The molecule has 13 rings (SSSR count). The van der Waals surface area contributed by atoms with Crippen molar-refractivity contribution in [1.82, 2.24) is 59.2 Å². The van der Waals surface area contributed by atoms with Crippen LogP contribution in [0.25, 0.3) is 11.3 Å². The van der Waals surface area contributed by atoms with E-state index in [9.17, 15) is 24.0 Å². The quantitative estimate of drug-likeness (QED) is 0.0482. The summed E-state index contributed by atoms with van der Waals surface area (Å²) in [6, 6.07) is 36.6. The lowest BCUT2D eigenvalue weighted by atomic mass is 10.0. The summed E-state index contributed by atoms with van der Waals surface area (Å²) >= 11 is 0. The summed E-state index contributed by atoms with van der Waals surface area (Å²) in [5, 5.41) is 25.3. The van der Waals surface area contributed by atoms with Crippen LogP contribution in [0.3, 0.4) is 0 Å². The number of imidazole rings is 2. The Labute approximate surface area is 519 Å². The summed E-state index contributed by atoms with van der Waals surface area (Å²) < 4.78 is 22.7. The largest absolute Gasteiger partial charge is 0.497 e. The molecule has 3 aromatic carbocycles. The van der Waals surface area contributed by atoms with Crippen LogP contribution in [-0.4, -0.2) is 128 Å². The minimum atomic E-state index is -0.353. The minimum Gasteiger partial charge on any atom is -0.497 e. The van der Waals surface area contributed by atoms with Crippen LogP contribution in [0.2, 0.25) is 0 Å². The Morgan fingerprint density at radius 3 is 1.47 bits per heavy atom. The molecule has 0 spiro atoms. The molecule has 2 aliphatic heterocycles. The topological polar surface area (TPSA) is 253 Å². The van der Waals surface area contributed by atoms with E-state index in [1.807, 2.05) is 133 Å². The molecule has 2 aliphatic carbocycles. The smallest absolute Gasteiger partial charge is 0.410 e. The fraction of sp³-hybridized carbons (Fsp3) is 0.348. The molecule has 0 radical (unpaired) electrons. The average Bonchev–Trinajstić information content (AvgIpc) is 1.70. The molecule has 0 atom stereocenters. The fourth-order valence-corrected chi connectivity index (χ4v) is 11.3. The normalized spacial score (nSPS) is 15.1. The number of anilines is 6. The van der Waals surface area contributed by atoms with Gasteiger partial charge in [0.2, 0.25) is 0 Å². The Hall–Kier alpha value is -10.2. The van der Waals surface area contributed by atoms with E-state index in [0.29, 0.717) is 84.7 Å². The second-order valence-corrected chi connectivity index (χ2v) is 23.2. The second-order valence-electron chi connectivity index (χ2n) is 23.2. The number of carbonyl (C=O) groups excluding carboxylic acids is 3. The SMILES string of the molecule is COc1ccc(CN(C)c2cc(Nc3cccn(C4CCN(C(=O)OCc5ccccc5)CC4)c3=O)nn3c(C(=O)NC4CC4)cnc23)cc1.COc1ccc(CN(C)c2cc(Nc3cccn(C4CCNCC4)c3=O)nn3c(C(=O)NC4CC4)cnc23)cc1. The van der Waals surface area contributed by atoms with Crippen molar-refractivity contribution < 1.29 is 28.6 Å². The highest BCUT2D eigenvalue weighted by molar-refractivity contribution is 5.95. The van der Waals surface area contributed by atoms with Gasteiger partial charge in [0, 0.05) is 89.0 Å². The standard InChI is InChI=1S/C37H40N8O5.C29H34N8O3/c1-42(23-25-10-14-29(49-2)15-11-25)31-21-33(41-45-32(22-38-34(31)45)35(46)39-27-12-13-27)40-30-9-6-18-44(36(30)47)28-16-19-43(20-17-28)37(48)50-24-26-7-4-3-5-8-26;1-35(18-19-5-9-22(40-2)10-6-19)24-16-26(34-37-25(17-31-27(24)37)28(38)32-20-7-8-20)33-23-4-3-15-36(29(23)39)21-11-13-30-14-12-21/h3-11,14-15,18,21-22,27-28H,12-13,16-17,19-20,23-24H2,1-2H3,(H,39,46)(H,40,41);3-6,9-10,15-17,20-21,30H,7-8,11-14,18H2,1-2H3,(H,32,38)(H,33,34). The maximum absolute atomic E-state index is 13.8. The predicted octanol–water partition coefficient (Wildman–Crippen LogP) is 8.24. The maximum atomic E-state index is 13.8. The molecule has 2 saturated heterocycles. The lowest BCUT2D eigenvalue weighted by Crippen LogP contribution is -2.41. The number of nitrogens with zero attached hydrogens (tertiary/aromatic N) is 11. The van der Waals surface area contributed by atoms with Gasteiger partial charge in [-0.25, -0.2) is 23.8 Å². The van der Waals surface area contributed by atoms with E-state index >= 15 is 0 Å². The van der Waals surface area contributed by atoms with Gasteiger partial charge in [-0.05, 0) is 130 Å². The molecule has 4 fully saturated rings. The number of likely N-dealkylation sites (tertiary alicyclic amines) is 1. The van der Waals surface area contributed by atoms with Crippen LogP contribution in [0.4, 0.5) is 39.2 Å². The van der Waals surface area contributed by atoms with Crippen molar-refractivity contribution in [2.75, 3.05) is 74.9 Å². The van der Waals surface area contributed by atoms with Gasteiger partial charge in [-0.15, -0.1) is 10.2 Å².